The summed E-state index contributed by atoms with van der Waals surface area (Å²) in [6.07, 6.45) is 3.85. The Kier molecular flexibility index (Phi) is 3.10. The second-order valence-electron chi connectivity index (χ2n) is 3.61. The third kappa shape index (κ3) is 2.93. The summed E-state index contributed by atoms with van der Waals surface area (Å²) in [5, 5.41) is 0. The van der Waals surface area contributed by atoms with E-state index in [0.29, 0.717) is 6.10 Å². The second kappa shape index (κ2) is 3.69. The normalized spacial score (nSPS) is 33.0. The minimum Gasteiger partial charge on any atom is -0.355 e. The highest BCUT2D eigenvalue weighted by molar-refractivity contribution is 6.13. The minimum absolute atomic E-state index is 0.160. The van der Waals surface area contributed by atoms with Gasteiger partial charge in [-0.25, -0.2) is 0 Å². The van der Waals surface area contributed by atoms with E-state index in [1.807, 2.05) is 0 Å². The second-order valence-corrected chi connectivity index (χ2v) is 5.13. The van der Waals surface area contributed by atoms with Crippen LogP contribution in [0.1, 0.15) is 33.1 Å². The first kappa shape index (κ1) is 9.23. The van der Waals surface area contributed by atoms with Crippen LogP contribution >= 0.6 is 0 Å². The van der Waals surface area contributed by atoms with Crippen LogP contribution in [0.4, 0.5) is 0 Å². The Bertz CT molecular complexity index is 119. The van der Waals surface area contributed by atoms with Crippen LogP contribution < -0.4 is 0 Å². The lowest BCUT2D eigenvalue weighted by molar-refractivity contribution is -0.215. The third-order valence-electron chi connectivity index (χ3n) is 1.92. The highest BCUT2D eigenvalue weighted by Gasteiger charge is 2.28. The zero-order valence-electron chi connectivity index (χ0n) is 7.72. The number of hydrogen-bond donors (Lipinski definition) is 0. The first-order valence-corrected chi connectivity index (χ1v) is 5.44. The Morgan fingerprint density at radius 2 is 2.18 bits per heavy atom. The average molecular weight is 174 g/mol. The molecule has 0 bridgehead atoms. The molecule has 1 fully saturated rings. The summed E-state index contributed by atoms with van der Waals surface area (Å²) in [4.78, 5) is 0. The van der Waals surface area contributed by atoms with Crippen molar-refractivity contribution in [3.05, 3.63) is 0 Å². The first-order chi connectivity index (χ1) is 5.12. The number of ether oxygens (including phenoxy) is 2. The Morgan fingerprint density at radius 1 is 1.45 bits per heavy atom. The number of hydrogen-bond acceptors (Lipinski definition) is 2. The monoisotopic (exact) mass is 174 g/mol. The Hall–Kier alpha value is 0.137. The highest BCUT2D eigenvalue weighted by atomic mass is 28.1. The SMILES string of the molecule is CC(C)OC1([SiH3])CCCCO1. The van der Waals surface area contributed by atoms with Crippen LogP contribution in [0, 0.1) is 0 Å². The van der Waals surface area contributed by atoms with Gasteiger partial charge in [0.05, 0.1) is 16.3 Å². The fourth-order valence-electron chi connectivity index (χ4n) is 1.50. The van der Waals surface area contributed by atoms with E-state index in [2.05, 4.69) is 13.8 Å². The van der Waals surface area contributed by atoms with Gasteiger partial charge in [-0.05, 0) is 33.1 Å². The fourth-order valence-corrected chi connectivity index (χ4v) is 2.53. The van der Waals surface area contributed by atoms with Crippen LogP contribution in [0.3, 0.4) is 0 Å². The van der Waals surface area contributed by atoms with Crippen molar-refractivity contribution in [2.75, 3.05) is 6.61 Å². The molecular weight excluding hydrogens is 156 g/mol. The molecule has 1 saturated heterocycles. The molecule has 0 aromatic rings. The van der Waals surface area contributed by atoms with Gasteiger partial charge in [0.25, 0.3) is 0 Å². The van der Waals surface area contributed by atoms with E-state index >= 15 is 0 Å². The molecule has 1 aliphatic heterocycles. The van der Waals surface area contributed by atoms with Crippen molar-refractivity contribution in [2.45, 2.75) is 44.6 Å². The molecule has 0 saturated carbocycles. The van der Waals surface area contributed by atoms with Crippen LogP contribution in [-0.2, 0) is 9.47 Å². The molecule has 0 aromatic heterocycles. The van der Waals surface area contributed by atoms with Gasteiger partial charge in [-0.1, -0.05) is 0 Å². The van der Waals surface area contributed by atoms with Gasteiger partial charge < -0.3 is 9.47 Å². The third-order valence-corrected chi connectivity index (χ3v) is 2.94. The van der Waals surface area contributed by atoms with Crippen molar-refractivity contribution in [1.82, 2.24) is 0 Å². The maximum atomic E-state index is 5.72. The van der Waals surface area contributed by atoms with Crippen molar-refractivity contribution >= 4 is 10.2 Å². The van der Waals surface area contributed by atoms with Crippen molar-refractivity contribution in [1.29, 1.82) is 0 Å². The predicted molar refractivity (Wildman–Crippen MR) is 48.7 cm³/mol. The zero-order valence-corrected chi connectivity index (χ0v) is 9.72. The van der Waals surface area contributed by atoms with E-state index in [1.54, 1.807) is 0 Å². The van der Waals surface area contributed by atoms with Crippen LogP contribution in [0.25, 0.3) is 0 Å². The summed E-state index contributed by atoms with van der Waals surface area (Å²) in [6.45, 7) is 5.02. The van der Waals surface area contributed by atoms with Gasteiger partial charge in [-0.3, -0.25) is 0 Å². The first-order valence-electron chi connectivity index (χ1n) is 4.44. The van der Waals surface area contributed by atoms with Crippen LogP contribution in [0.5, 0.6) is 0 Å². The van der Waals surface area contributed by atoms with Crippen molar-refractivity contribution in [2.24, 2.45) is 0 Å². The fraction of sp³-hybridized carbons (Fsp3) is 1.00. The lowest BCUT2D eigenvalue weighted by Gasteiger charge is -2.35. The van der Waals surface area contributed by atoms with Gasteiger partial charge in [0, 0.05) is 6.61 Å². The summed E-state index contributed by atoms with van der Waals surface area (Å²) >= 11 is 0. The molecule has 1 aliphatic rings. The molecule has 0 radical (unpaired) electrons. The van der Waals surface area contributed by atoms with E-state index in [0.717, 1.165) is 23.3 Å². The predicted octanol–water partition coefficient (Wildman–Crippen LogP) is 0.631. The summed E-state index contributed by atoms with van der Waals surface area (Å²) in [6, 6.07) is 0. The summed E-state index contributed by atoms with van der Waals surface area (Å²) < 4.78 is 11.3. The van der Waals surface area contributed by atoms with Crippen molar-refractivity contribution in [3.8, 4) is 0 Å². The summed E-state index contributed by atoms with van der Waals surface area (Å²) in [5.74, 6) is 0. The standard InChI is InChI=1S/C8H18O2Si/c1-7(2)10-8(11)5-3-4-6-9-8/h7H,3-6H2,1-2,11H3. The topological polar surface area (TPSA) is 18.5 Å². The van der Waals surface area contributed by atoms with E-state index in [1.165, 1.54) is 12.8 Å². The molecule has 0 amide bonds. The Balaban J connectivity index is 2.37. The summed E-state index contributed by atoms with van der Waals surface area (Å²) in [7, 11) is 0.983. The van der Waals surface area contributed by atoms with E-state index in [-0.39, 0.29) is 5.41 Å². The van der Waals surface area contributed by atoms with Gasteiger partial charge in [-0.15, -0.1) is 0 Å². The molecular formula is C8H18O2Si. The Morgan fingerprint density at radius 3 is 2.64 bits per heavy atom. The van der Waals surface area contributed by atoms with Gasteiger partial charge in [0.1, 0.15) is 5.41 Å². The highest BCUT2D eigenvalue weighted by Crippen LogP contribution is 2.23. The Labute approximate surface area is 71.7 Å². The molecule has 0 aliphatic carbocycles. The molecule has 1 heterocycles. The van der Waals surface area contributed by atoms with Crippen molar-refractivity contribution in [3.63, 3.8) is 0 Å². The quantitative estimate of drug-likeness (QED) is 0.572. The van der Waals surface area contributed by atoms with E-state index < -0.39 is 0 Å². The van der Waals surface area contributed by atoms with Crippen molar-refractivity contribution < 1.29 is 9.47 Å². The maximum Gasteiger partial charge on any atom is 0.141 e. The molecule has 0 N–H and O–H groups in total. The van der Waals surface area contributed by atoms with E-state index in [4.69, 9.17) is 9.47 Å². The molecule has 0 spiro atoms. The largest absolute Gasteiger partial charge is 0.355 e. The van der Waals surface area contributed by atoms with E-state index in [9.17, 15) is 0 Å². The molecule has 66 valence electrons. The molecule has 11 heavy (non-hydrogen) atoms. The van der Waals surface area contributed by atoms with Gasteiger partial charge in [0.15, 0.2) is 0 Å². The van der Waals surface area contributed by atoms with Gasteiger partial charge in [0.2, 0.25) is 0 Å². The summed E-state index contributed by atoms with van der Waals surface area (Å²) in [5.41, 5.74) is -0.160. The van der Waals surface area contributed by atoms with Crippen LogP contribution in [-0.4, -0.2) is 28.4 Å². The molecule has 1 unspecified atom stereocenters. The number of rotatable bonds is 2. The molecule has 1 rings (SSSR count). The van der Waals surface area contributed by atoms with Crippen LogP contribution in [0.2, 0.25) is 0 Å². The van der Waals surface area contributed by atoms with Crippen LogP contribution in [0.15, 0.2) is 0 Å². The minimum atomic E-state index is -0.160. The molecule has 0 aromatic carbocycles. The molecule has 2 nitrogen and oxygen atoms in total. The lowest BCUT2D eigenvalue weighted by atomic mass is 10.2. The van der Waals surface area contributed by atoms with Gasteiger partial charge in [-0.2, -0.15) is 0 Å². The maximum absolute atomic E-state index is 5.72. The smallest absolute Gasteiger partial charge is 0.141 e. The average Bonchev–Trinajstić information content (AvgIpc) is 1.85. The molecule has 1 atom stereocenters. The van der Waals surface area contributed by atoms with Gasteiger partial charge >= 0.3 is 0 Å². The zero-order chi connectivity index (χ0) is 8.32. The molecule has 3 heteroatoms. The lowest BCUT2D eigenvalue weighted by Crippen LogP contribution is -2.41.